The molecule has 0 amide bonds. The zero-order valence-electron chi connectivity index (χ0n) is 10.0. The van der Waals surface area contributed by atoms with Gasteiger partial charge in [0.15, 0.2) is 6.29 Å². The maximum absolute atomic E-state index is 10.7. The first-order valence-electron chi connectivity index (χ1n) is 5.46. The van der Waals surface area contributed by atoms with Gasteiger partial charge in [-0.15, -0.1) is 6.58 Å². The number of hydrogen-bond donors (Lipinski definition) is 1. The minimum atomic E-state index is 0.579. The lowest BCUT2D eigenvalue weighted by molar-refractivity contribution is 0.111. The van der Waals surface area contributed by atoms with E-state index < -0.39 is 0 Å². The van der Waals surface area contributed by atoms with Crippen molar-refractivity contribution < 1.29 is 4.79 Å². The molecule has 0 aromatic carbocycles. The van der Waals surface area contributed by atoms with E-state index >= 15 is 0 Å². The molecule has 4 heteroatoms. The summed E-state index contributed by atoms with van der Waals surface area (Å²) in [6.45, 7) is 8.38. The van der Waals surface area contributed by atoms with Gasteiger partial charge in [0, 0.05) is 17.0 Å². The van der Waals surface area contributed by atoms with Crippen LogP contribution in [0.2, 0.25) is 0 Å². The molecule has 0 aliphatic heterocycles. The van der Waals surface area contributed by atoms with Crippen LogP contribution in [-0.2, 0) is 6.54 Å². The fraction of sp³-hybridized carbons (Fsp3) is 0.231. The molecule has 0 aliphatic carbocycles. The average molecular weight is 229 g/mol. The van der Waals surface area contributed by atoms with Gasteiger partial charge in [-0.2, -0.15) is 5.10 Å². The van der Waals surface area contributed by atoms with Crippen LogP contribution in [0.3, 0.4) is 0 Å². The molecule has 0 spiro atoms. The fourth-order valence-corrected chi connectivity index (χ4v) is 2.01. The highest BCUT2D eigenvalue weighted by atomic mass is 16.1. The lowest BCUT2D eigenvalue weighted by Crippen LogP contribution is -1.99. The van der Waals surface area contributed by atoms with E-state index in [-0.39, 0.29) is 0 Å². The molecule has 0 saturated heterocycles. The number of aromatic nitrogens is 3. The molecule has 1 N–H and O–H groups in total. The van der Waals surface area contributed by atoms with Crippen LogP contribution < -0.4 is 0 Å². The molecule has 2 rings (SSSR count). The molecule has 0 saturated carbocycles. The second kappa shape index (κ2) is 4.41. The highest BCUT2D eigenvalue weighted by Crippen LogP contribution is 2.25. The standard InChI is InChI=1S/C13H15N3O/c1-4-7-16-10(3)13(9(2)15-16)12-6-5-11(8-17)14-12/h4-6,8,14H,1,7H2,2-3H3. The van der Waals surface area contributed by atoms with Crippen LogP contribution in [-0.4, -0.2) is 21.1 Å². The molecular formula is C13H15N3O. The molecule has 0 atom stereocenters. The summed E-state index contributed by atoms with van der Waals surface area (Å²) in [5, 5.41) is 4.45. The number of rotatable bonds is 4. The minimum Gasteiger partial charge on any atom is -0.352 e. The summed E-state index contributed by atoms with van der Waals surface area (Å²) in [5.74, 6) is 0. The Bertz CT molecular complexity index is 563. The lowest BCUT2D eigenvalue weighted by Gasteiger charge is -2.01. The van der Waals surface area contributed by atoms with E-state index in [0.717, 1.165) is 28.9 Å². The Hall–Kier alpha value is -2.10. The first-order chi connectivity index (χ1) is 8.17. The van der Waals surface area contributed by atoms with Crippen molar-refractivity contribution in [2.24, 2.45) is 0 Å². The molecular weight excluding hydrogens is 214 g/mol. The number of aryl methyl sites for hydroxylation is 1. The molecule has 2 aromatic heterocycles. The van der Waals surface area contributed by atoms with E-state index in [2.05, 4.69) is 16.7 Å². The van der Waals surface area contributed by atoms with Gasteiger partial charge < -0.3 is 4.98 Å². The monoisotopic (exact) mass is 229 g/mol. The van der Waals surface area contributed by atoms with Crippen molar-refractivity contribution in [1.29, 1.82) is 0 Å². The predicted octanol–water partition coefficient (Wildman–Crippen LogP) is 2.49. The summed E-state index contributed by atoms with van der Waals surface area (Å²) in [6.07, 6.45) is 2.62. The molecule has 4 nitrogen and oxygen atoms in total. The average Bonchev–Trinajstić information content (AvgIpc) is 2.86. The summed E-state index contributed by atoms with van der Waals surface area (Å²) in [5.41, 5.74) is 4.58. The molecule has 2 heterocycles. The molecule has 0 bridgehead atoms. The predicted molar refractivity (Wildman–Crippen MR) is 67.1 cm³/mol. The van der Waals surface area contributed by atoms with E-state index in [1.54, 1.807) is 6.07 Å². The van der Waals surface area contributed by atoms with Crippen molar-refractivity contribution in [1.82, 2.24) is 14.8 Å². The number of aldehydes is 1. The summed E-state index contributed by atoms with van der Waals surface area (Å²) in [7, 11) is 0. The van der Waals surface area contributed by atoms with Crippen LogP contribution in [0.25, 0.3) is 11.3 Å². The first-order valence-corrected chi connectivity index (χ1v) is 5.46. The van der Waals surface area contributed by atoms with Crippen LogP contribution in [0, 0.1) is 13.8 Å². The van der Waals surface area contributed by atoms with Crippen LogP contribution >= 0.6 is 0 Å². The number of carbonyl (C=O) groups excluding carboxylic acids is 1. The number of H-pyrrole nitrogens is 1. The van der Waals surface area contributed by atoms with Gasteiger partial charge in [0.25, 0.3) is 0 Å². The van der Waals surface area contributed by atoms with E-state index in [1.165, 1.54) is 0 Å². The third-order valence-corrected chi connectivity index (χ3v) is 2.79. The van der Waals surface area contributed by atoms with Gasteiger partial charge in [-0.1, -0.05) is 6.08 Å². The molecule has 0 aliphatic rings. The highest BCUT2D eigenvalue weighted by molar-refractivity contribution is 5.76. The zero-order valence-corrected chi connectivity index (χ0v) is 10.0. The number of nitrogens with one attached hydrogen (secondary N) is 1. The van der Waals surface area contributed by atoms with Crippen molar-refractivity contribution in [3.8, 4) is 11.3 Å². The third-order valence-electron chi connectivity index (χ3n) is 2.79. The lowest BCUT2D eigenvalue weighted by atomic mass is 10.1. The van der Waals surface area contributed by atoms with Gasteiger partial charge in [0.05, 0.1) is 17.9 Å². The first kappa shape index (κ1) is 11.4. The number of allylic oxidation sites excluding steroid dienone is 1. The quantitative estimate of drug-likeness (QED) is 0.647. The maximum Gasteiger partial charge on any atom is 0.166 e. The van der Waals surface area contributed by atoms with Crippen molar-refractivity contribution in [2.75, 3.05) is 0 Å². The Balaban J connectivity index is 2.50. The highest BCUT2D eigenvalue weighted by Gasteiger charge is 2.13. The fourth-order valence-electron chi connectivity index (χ4n) is 2.01. The topological polar surface area (TPSA) is 50.7 Å². The van der Waals surface area contributed by atoms with Crippen molar-refractivity contribution in [3.63, 3.8) is 0 Å². The molecule has 2 aromatic rings. The number of carbonyl (C=O) groups is 1. The summed E-state index contributed by atoms with van der Waals surface area (Å²) < 4.78 is 1.90. The number of aromatic amines is 1. The maximum atomic E-state index is 10.7. The van der Waals surface area contributed by atoms with Gasteiger partial charge in [-0.25, -0.2) is 0 Å². The van der Waals surface area contributed by atoms with Crippen molar-refractivity contribution >= 4 is 6.29 Å². The summed E-state index contributed by atoms with van der Waals surface area (Å²) in [4.78, 5) is 13.7. The van der Waals surface area contributed by atoms with Crippen molar-refractivity contribution in [3.05, 3.63) is 41.9 Å². The van der Waals surface area contributed by atoms with Crippen LogP contribution in [0.15, 0.2) is 24.8 Å². The Morgan fingerprint density at radius 1 is 1.47 bits per heavy atom. The Morgan fingerprint density at radius 3 is 2.82 bits per heavy atom. The Kier molecular flexibility index (Phi) is 2.95. The normalized spacial score (nSPS) is 10.5. The molecule has 0 radical (unpaired) electrons. The van der Waals surface area contributed by atoms with Gasteiger partial charge >= 0.3 is 0 Å². The minimum absolute atomic E-state index is 0.579. The molecule has 0 unspecified atom stereocenters. The van der Waals surface area contributed by atoms with Gasteiger partial charge in [-0.05, 0) is 26.0 Å². The second-order valence-electron chi connectivity index (χ2n) is 3.96. The smallest absolute Gasteiger partial charge is 0.166 e. The van der Waals surface area contributed by atoms with Gasteiger partial charge in [0.1, 0.15) is 0 Å². The SMILES string of the molecule is C=CCn1nc(C)c(-c2ccc(C=O)[nH]2)c1C. The number of nitrogens with zero attached hydrogens (tertiary/aromatic N) is 2. The Labute approximate surface area is 100.0 Å². The summed E-state index contributed by atoms with van der Waals surface area (Å²) in [6, 6.07) is 3.67. The zero-order chi connectivity index (χ0) is 12.4. The van der Waals surface area contributed by atoms with Gasteiger partial charge in [0.2, 0.25) is 0 Å². The molecule has 17 heavy (non-hydrogen) atoms. The third kappa shape index (κ3) is 1.93. The van der Waals surface area contributed by atoms with E-state index in [9.17, 15) is 4.79 Å². The molecule has 0 fully saturated rings. The van der Waals surface area contributed by atoms with E-state index in [1.807, 2.05) is 30.7 Å². The van der Waals surface area contributed by atoms with Crippen LogP contribution in [0.1, 0.15) is 21.9 Å². The van der Waals surface area contributed by atoms with Crippen molar-refractivity contribution in [2.45, 2.75) is 20.4 Å². The number of hydrogen-bond acceptors (Lipinski definition) is 2. The summed E-state index contributed by atoms with van der Waals surface area (Å²) >= 11 is 0. The Morgan fingerprint density at radius 2 is 2.24 bits per heavy atom. The van der Waals surface area contributed by atoms with Gasteiger partial charge in [-0.3, -0.25) is 9.48 Å². The van der Waals surface area contributed by atoms with E-state index in [0.29, 0.717) is 12.2 Å². The van der Waals surface area contributed by atoms with Crippen LogP contribution in [0.4, 0.5) is 0 Å². The largest absolute Gasteiger partial charge is 0.352 e. The van der Waals surface area contributed by atoms with Crippen LogP contribution in [0.5, 0.6) is 0 Å². The van der Waals surface area contributed by atoms with E-state index in [4.69, 9.17) is 0 Å². The second-order valence-corrected chi connectivity index (χ2v) is 3.96. The molecule has 88 valence electrons.